The van der Waals surface area contributed by atoms with Crippen LogP contribution in [0.25, 0.3) is 16.7 Å². The second-order valence-corrected chi connectivity index (χ2v) is 8.11. The standard InChI is InChI=1S/C19H24N6O3S/c1-4-7-24-17(28)13-6-5-12(16(27)21-9-11(2)3)8-14(13)25-18(24)22-23-19(25)29-10-15(20)26/h5-6,8,11H,4,7,9-10H2,1-3H3,(H2,20,26)(H,21,27). The first-order valence-electron chi connectivity index (χ1n) is 9.44. The highest BCUT2D eigenvalue weighted by Gasteiger charge is 2.18. The molecule has 0 fully saturated rings. The number of hydrogen-bond donors (Lipinski definition) is 2. The van der Waals surface area contributed by atoms with Gasteiger partial charge in [0.15, 0.2) is 5.16 Å². The van der Waals surface area contributed by atoms with Gasteiger partial charge >= 0.3 is 0 Å². The Morgan fingerprint density at radius 2 is 2.03 bits per heavy atom. The van der Waals surface area contributed by atoms with Crippen molar-refractivity contribution < 1.29 is 9.59 Å². The van der Waals surface area contributed by atoms with E-state index in [-0.39, 0.29) is 17.2 Å². The van der Waals surface area contributed by atoms with Crippen LogP contribution in [0.5, 0.6) is 0 Å². The molecule has 29 heavy (non-hydrogen) atoms. The van der Waals surface area contributed by atoms with Gasteiger partial charge in [-0.1, -0.05) is 32.5 Å². The summed E-state index contributed by atoms with van der Waals surface area (Å²) >= 11 is 1.14. The highest BCUT2D eigenvalue weighted by Crippen LogP contribution is 2.22. The van der Waals surface area contributed by atoms with Crippen molar-refractivity contribution in [2.45, 2.75) is 38.9 Å². The summed E-state index contributed by atoms with van der Waals surface area (Å²) in [7, 11) is 0. The SMILES string of the molecule is CCCn1c(=O)c2ccc(C(=O)NCC(C)C)cc2n2c(SCC(N)=O)nnc12. The molecule has 1 aromatic carbocycles. The fraction of sp³-hybridized carbons (Fsp3) is 0.421. The van der Waals surface area contributed by atoms with Crippen molar-refractivity contribution in [2.75, 3.05) is 12.3 Å². The summed E-state index contributed by atoms with van der Waals surface area (Å²) in [6.45, 7) is 7.03. The normalized spacial score (nSPS) is 11.4. The number of aromatic nitrogens is 4. The number of thioether (sulfide) groups is 1. The maximum absolute atomic E-state index is 13.0. The van der Waals surface area contributed by atoms with Gasteiger partial charge in [0, 0.05) is 18.7 Å². The number of nitrogens with two attached hydrogens (primary N) is 1. The Bertz CT molecular complexity index is 1130. The maximum Gasteiger partial charge on any atom is 0.262 e. The lowest BCUT2D eigenvalue weighted by Gasteiger charge is -2.12. The molecule has 0 aliphatic heterocycles. The molecular weight excluding hydrogens is 392 g/mol. The highest BCUT2D eigenvalue weighted by molar-refractivity contribution is 7.99. The predicted molar refractivity (Wildman–Crippen MR) is 112 cm³/mol. The Morgan fingerprint density at radius 3 is 2.69 bits per heavy atom. The first kappa shape index (κ1) is 20.8. The Hall–Kier alpha value is -2.88. The van der Waals surface area contributed by atoms with E-state index in [0.29, 0.717) is 46.4 Å². The number of carbonyl (C=O) groups is 2. The van der Waals surface area contributed by atoms with Gasteiger partial charge in [0.05, 0.1) is 16.7 Å². The number of benzene rings is 1. The van der Waals surface area contributed by atoms with Crippen molar-refractivity contribution in [1.29, 1.82) is 0 Å². The second-order valence-electron chi connectivity index (χ2n) is 7.17. The topological polar surface area (TPSA) is 124 Å². The van der Waals surface area contributed by atoms with Crippen LogP contribution >= 0.6 is 11.8 Å². The highest BCUT2D eigenvalue weighted by atomic mass is 32.2. The van der Waals surface area contributed by atoms with E-state index in [9.17, 15) is 14.4 Å². The summed E-state index contributed by atoms with van der Waals surface area (Å²) in [5, 5.41) is 12.1. The molecule has 2 heterocycles. The second kappa shape index (κ2) is 8.64. The van der Waals surface area contributed by atoms with Crippen LogP contribution in [0, 0.1) is 5.92 Å². The Kier molecular flexibility index (Phi) is 6.21. The minimum Gasteiger partial charge on any atom is -0.369 e. The first-order chi connectivity index (χ1) is 13.8. The molecule has 0 saturated heterocycles. The van der Waals surface area contributed by atoms with Gasteiger partial charge in [-0.3, -0.25) is 23.4 Å². The molecule has 2 aromatic heterocycles. The van der Waals surface area contributed by atoms with E-state index in [0.717, 1.165) is 18.2 Å². The van der Waals surface area contributed by atoms with Gasteiger partial charge in [-0.15, -0.1) is 10.2 Å². The van der Waals surface area contributed by atoms with Crippen LogP contribution in [0.3, 0.4) is 0 Å². The molecule has 3 rings (SSSR count). The Labute approximate surface area is 171 Å². The summed E-state index contributed by atoms with van der Waals surface area (Å²) in [6.07, 6.45) is 0.743. The van der Waals surface area contributed by atoms with Gasteiger partial charge in [-0.05, 0) is 30.5 Å². The van der Waals surface area contributed by atoms with Crippen molar-refractivity contribution in [3.8, 4) is 0 Å². The number of fused-ring (bicyclic) bond motifs is 3. The Morgan fingerprint density at radius 1 is 1.28 bits per heavy atom. The van der Waals surface area contributed by atoms with Crippen molar-refractivity contribution in [1.82, 2.24) is 24.5 Å². The molecule has 0 saturated carbocycles. The number of carbonyl (C=O) groups excluding carboxylic acids is 2. The molecule has 0 atom stereocenters. The lowest BCUT2D eigenvalue weighted by molar-refractivity contribution is -0.115. The van der Waals surface area contributed by atoms with E-state index in [4.69, 9.17) is 5.73 Å². The van der Waals surface area contributed by atoms with E-state index in [1.54, 1.807) is 27.2 Å². The molecule has 3 N–H and O–H groups in total. The van der Waals surface area contributed by atoms with Gasteiger partial charge in [0.25, 0.3) is 11.5 Å². The molecule has 0 aliphatic rings. The van der Waals surface area contributed by atoms with Crippen LogP contribution in [0.1, 0.15) is 37.6 Å². The minimum atomic E-state index is -0.480. The molecule has 0 spiro atoms. The van der Waals surface area contributed by atoms with E-state index < -0.39 is 5.91 Å². The molecular formula is C19H24N6O3S. The molecule has 0 radical (unpaired) electrons. The third-order valence-electron chi connectivity index (χ3n) is 4.30. The lowest BCUT2D eigenvalue weighted by Crippen LogP contribution is -2.28. The van der Waals surface area contributed by atoms with E-state index in [1.165, 1.54) is 0 Å². The van der Waals surface area contributed by atoms with Gasteiger partial charge in [-0.25, -0.2) is 0 Å². The van der Waals surface area contributed by atoms with Crippen LogP contribution < -0.4 is 16.6 Å². The zero-order valence-electron chi connectivity index (χ0n) is 16.6. The average Bonchev–Trinajstić information content (AvgIpc) is 3.11. The maximum atomic E-state index is 13.0. The molecule has 0 aliphatic carbocycles. The molecule has 154 valence electrons. The fourth-order valence-corrected chi connectivity index (χ4v) is 3.66. The lowest BCUT2D eigenvalue weighted by atomic mass is 10.1. The van der Waals surface area contributed by atoms with Crippen LogP contribution in [0.2, 0.25) is 0 Å². The van der Waals surface area contributed by atoms with E-state index in [1.807, 2.05) is 20.8 Å². The molecule has 0 unspecified atom stereocenters. The van der Waals surface area contributed by atoms with E-state index in [2.05, 4.69) is 15.5 Å². The monoisotopic (exact) mass is 416 g/mol. The smallest absolute Gasteiger partial charge is 0.262 e. The van der Waals surface area contributed by atoms with Crippen LogP contribution in [-0.4, -0.2) is 43.3 Å². The average molecular weight is 417 g/mol. The molecule has 2 amide bonds. The Balaban J connectivity index is 2.21. The third-order valence-corrected chi connectivity index (χ3v) is 5.25. The zero-order valence-corrected chi connectivity index (χ0v) is 17.5. The summed E-state index contributed by atoms with van der Waals surface area (Å²) in [5.41, 5.74) is 6.03. The number of nitrogens with zero attached hydrogens (tertiary/aromatic N) is 4. The minimum absolute atomic E-state index is 0.0315. The van der Waals surface area contributed by atoms with Crippen LogP contribution in [0.15, 0.2) is 28.2 Å². The quantitative estimate of drug-likeness (QED) is 0.535. The van der Waals surface area contributed by atoms with Crippen LogP contribution in [0.4, 0.5) is 0 Å². The molecule has 0 bridgehead atoms. The van der Waals surface area contributed by atoms with Gasteiger partial charge in [0.2, 0.25) is 11.7 Å². The summed E-state index contributed by atoms with van der Waals surface area (Å²) < 4.78 is 3.27. The number of primary amides is 1. The fourth-order valence-electron chi connectivity index (χ4n) is 2.98. The van der Waals surface area contributed by atoms with Crippen molar-refractivity contribution in [2.24, 2.45) is 11.7 Å². The van der Waals surface area contributed by atoms with Crippen LogP contribution in [-0.2, 0) is 11.3 Å². The summed E-state index contributed by atoms with van der Waals surface area (Å²) in [5.74, 6) is 0.0275. The summed E-state index contributed by atoms with van der Waals surface area (Å²) in [6, 6.07) is 4.95. The van der Waals surface area contributed by atoms with E-state index >= 15 is 0 Å². The first-order valence-corrected chi connectivity index (χ1v) is 10.4. The third kappa shape index (κ3) is 4.26. The summed E-state index contributed by atoms with van der Waals surface area (Å²) in [4.78, 5) is 36.7. The molecule has 9 nitrogen and oxygen atoms in total. The number of amides is 2. The van der Waals surface area contributed by atoms with Crippen molar-refractivity contribution in [3.05, 3.63) is 34.1 Å². The van der Waals surface area contributed by atoms with Crippen molar-refractivity contribution in [3.63, 3.8) is 0 Å². The largest absolute Gasteiger partial charge is 0.369 e. The zero-order chi connectivity index (χ0) is 21.1. The molecule has 3 aromatic rings. The predicted octanol–water partition coefficient (Wildman–Crippen LogP) is 1.42. The van der Waals surface area contributed by atoms with Gasteiger partial charge in [0.1, 0.15) is 0 Å². The number of hydrogen-bond acceptors (Lipinski definition) is 6. The molecule has 10 heteroatoms. The van der Waals surface area contributed by atoms with Gasteiger partial charge in [-0.2, -0.15) is 0 Å². The van der Waals surface area contributed by atoms with Crippen molar-refractivity contribution >= 4 is 40.3 Å². The number of rotatable bonds is 8. The number of aryl methyl sites for hydroxylation is 1. The number of nitrogens with one attached hydrogen (secondary N) is 1. The van der Waals surface area contributed by atoms with Gasteiger partial charge < -0.3 is 11.1 Å².